The van der Waals surface area contributed by atoms with Crippen molar-refractivity contribution < 1.29 is 19.4 Å². The SMILES string of the molecule is CCCCCCCC(CCCC)OC(=O)/C=C\C(=O)O. The van der Waals surface area contributed by atoms with Crippen LogP contribution in [-0.2, 0) is 14.3 Å². The number of carboxylic acids is 1. The summed E-state index contributed by atoms with van der Waals surface area (Å²) >= 11 is 0. The molecule has 0 aromatic rings. The molecule has 1 unspecified atom stereocenters. The number of aliphatic carboxylic acids is 1. The average Bonchev–Trinajstić information content (AvgIpc) is 2.42. The normalized spacial score (nSPS) is 12.5. The van der Waals surface area contributed by atoms with Crippen LogP contribution < -0.4 is 0 Å². The van der Waals surface area contributed by atoms with Gasteiger partial charge in [0, 0.05) is 12.2 Å². The summed E-state index contributed by atoms with van der Waals surface area (Å²) in [4.78, 5) is 21.8. The highest BCUT2D eigenvalue weighted by atomic mass is 16.5. The Labute approximate surface area is 122 Å². The maximum Gasteiger partial charge on any atom is 0.331 e. The third kappa shape index (κ3) is 11.8. The quantitative estimate of drug-likeness (QED) is 0.333. The summed E-state index contributed by atoms with van der Waals surface area (Å²) in [6, 6.07) is 0. The minimum atomic E-state index is -1.13. The molecule has 0 amide bonds. The van der Waals surface area contributed by atoms with E-state index in [9.17, 15) is 9.59 Å². The van der Waals surface area contributed by atoms with E-state index in [0.717, 1.165) is 44.3 Å². The Morgan fingerprint density at radius 3 is 2.15 bits per heavy atom. The van der Waals surface area contributed by atoms with Crippen LogP contribution in [0.3, 0.4) is 0 Å². The number of rotatable bonds is 12. The Kier molecular flexibility index (Phi) is 11.9. The van der Waals surface area contributed by atoms with Gasteiger partial charge >= 0.3 is 11.9 Å². The van der Waals surface area contributed by atoms with Gasteiger partial charge in [-0.2, -0.15) is 0 Å². The number of carbonyl (C=O) groups excluding carboxylic acids is 1. The van der Waals surface area contributed by atoms with Crippen molar-refractivity contribution in [1.29, 1.82) is 0 Å². The second kappa shape index (κ2) is 12.7. The second-order valence-electron chi connectivity index (χ2n) is 5.08. The van der Waals surface area contributed by atoms with Crippen LogP contribution in [0.5, 0.6) is 0 Å². The zero-order valence-corrected chi connectivity index (χ0v) is 12.8. The molecule has 0 saturated heterocycles. The topological polar surface area (TPSA) is 63.6 Å². The highest BCUT2D eigenvalue weighted by Gasteiger charge is 2.12. The number of unbranched alkanes of at least 4 members (excludes halogenated alkanes) is 5. The van der Waals surface area contributed by atoms with Gasteiger partial charge in [0.05, 0.1) is 0 Å². The third-order valence-electron chi connectivity index (χ3n) is 3.15. The summed E-state index contributed by atoms with van der Waals surface area (Å²) in [7, 11) is 0. The molecule has 0 fully saturated rings. The van der Waals surface area contributed by atoms with Crippen molar-refractivity contribution in [3.05, 3.63) is 12.2 Å². The molecule has 4 nitrogen and oxygen atoms in total. The van der Waals surface area contributed by atoms with Crippen molar-refractivity contribution in [1.82, 2.24) is 0 Å². The Hall–Kier alpha value is -1.32. The van der Waals surface area contributed by atoms with Crippen molar-refractivity contribution in [2.75, 3.05) is 0 Å². The average molecular weight is 284 g/mol. The molecular formula is C16H28O4. The van der Waals surface area contributed by atoms with Crippen LogP contribution in [0.1, 0.15) is 71.6 Å². The summed E-state index contributed by atoms with van der Waals surface area (Å²) in [6.07, 6.45) is 11.5. The molecule has 0 saturated carbocycles. The van der Waals surface area contributed by atoms with E-state index >= 15 is 0 Å². The molecule has 0 aromatic heterocycles. The lowest BCUT2D eigenvalue weighted by molar-refractivity contribution is -0.144. The maximum absolute atomic E-state index is 11.5. The molecular weight excluding hydrogens is 256 g/mol. The largest absolute Gasteiger partial charge is 0.478 e. The number of ether oxygens (including phenoxy) is 1. The summed E-state index contributed by atoms with van der Waals surface area (Å²) in [6.45, 7) is 4.28. The molecule has 0 aliphatic carbocycles. The first-order valence-electron chi connectivity index (χ1n) is 7.71. The molecule has 20 heavy (non-hydrogen) atoms. The summed E-state index contributed by atoms with van der Waals surface area (Å²) in [5.41, 5.74) is 0. The number of carboxylic acid groups (broad SMARTS) is 1. The molecule has 0 aliphatic rings. The van der Waals surface area contributed by atoms with Gasteiger partial charge in [-0.15, -0.1) is 0 Å². The van der Waals surface area contributed by atoms with Gasteiger partial charge in [-0.3, -0.25) is 0 Å². The van der Waals surface area contributed by atoms with E-state index in [1.165, 1.54) is 25.7 Å². The molecule has 0 aliphatic heterocycles. The monoisotopic (exact) mass is 284 g/mol. The van der Waals surface area contributed by atoms with E-state index in [1.807, 2.05) is 0 Å². The van der Waals surface area contributed by atoms with Gasteiger partial charge in [0.2, 0.25) is 0 Å². The minimum Gasteiger partial charge on any atom is -0.478 e. The minimum absolute atomic E-state index is 0.0810. The highest BCUT2D eigenvalue weighted by molar-refractivity contribution is 5.90. The van der Waals surface area contributed by atoms with Crippen molar-refractivity contribution in [2.24, 2.45) is 0 Å². The van der Waals surface area contributed by atoms with Crippen molar-refractivity contribution in [2.45, 2.75) is 77.7 Å². The number of carbonyl (C=O) groups is 2. The molecule has 0 radical (unpaired) electrons. The van der Waals surface area contributed by atoms with E-state index in [4.69, 9.17) is 9.84 Å². The molecule has 1 atom stereocenters. The van der Waals surface area contributed by atoms with Gasteiger partial charge in [-0.25, -0.2) is 9.59 Å². The molecule has 0 rings (SSSR count). The predicted octanol–water partition coefficient (Wildman–Crippen LogP) is 4.09. The van der Waals surface area contributed by atoms with Gasteiger partial charge in [0.1, 0.15) is 6.10 Å². The molecule has 0 heterocycles. The fraction of sp³-hybridized carbons (Fsp3) is 0.750. The van der Waals surface area contributed by atoms with Crippen molar-refractivity contribution in [3.8, 4) is 0 Å². The van der Waals surface area contributed by atoms with Gasteiger partial charge < -0.3 is 9.84 Å². The first kappa shape index (κ1) is 18.7. The Bertz CT molecular complexity index is 297. The van der Waals surface area contributed by atoms with E-state index in [1.54, 1.807) is 0 Å². The van der Waals surface area contributed by atoms with Crippen LogP contribution in [0.15, 0.2) is 12.2 Å². The second-order valence-corrected chi connectivity index (χ2v) is 5.08. The summed E-state index contributed by atoms with van der Waals surface area (Å²) < 4.78 is 5.32. The first-order valence-corrected chi connectivity index (χ1v) is 7.71. The Morgan fingerprint density at radius 1 is 0.950 bits per heavy atom. The van der Waals surface area contributed by atoms with Crippen LogP contribution in [0.4, 0.5) is 0 Å². The molecule has 4 heteroatoms. The number of esters is 1. The van der Waals surface area contributed by atoms with Crippen LogP contribution in [0.25, 0.3) is 0 Å². The fourth-order valence-corrected chi connectivity index (χ4v) is 2.01. The fourth-order valence-electron chi connectivity index (χ4n) is 2.01. The van der Waals surface area contributed by atoms with Crippen LogP contribution in [0, 0.1) is 0 Å². The zero-order valence-electron chi connectivity index (χ0n) is 12.8. The van der Waals surface area contributed by atoms with Crippen LogP contribution >= 0.6 is 0 Å². The lowest BCUT2D eigenvalue weighted by Gasteiger charge is -2.16. The van der Waals surface area contributed by atoms with Crippen LogP contribution in [0.2, 0.25) is 0 Å². The van der Waals surface area contributed by atoms with Crippen LogP contribution in [-0.4, -0.2) is 23.1 Å². The Morgan fingerprint density at radius 2 is 1.55 bits per heavy atom. The zero-order chi connectivity index (χ0) is 15.2. The number of hydrogen-bond acceptors (Lipinski definition) is 3. The van der Waals surface area contributed by atoms with Gasteiger partial charge in [-0.1, -0.05) is 52.4 Å². The predicted molar refractivity (Wildman–Crippen MR) is 79.6 cm³/mol. The van der Waals surface area contributed by atoms with Crippen molar-refractivity contribution in [3.63, 3.8) is 0 Å². The molecule has 0 bridgehead atoms. The highest BCUT2D eigenvalue weighted by Crippen LogP contribution is 2.15. The van der Waals surface area contributed by atoms with E-state index in [-0.39, 0.29) is 6.10 Å². The molecule has 116 valence electrons. The van der Waals surface area contributed by atoms with E-state index in [2.05, 4.69) is 13.8 Å². The first-order chi connectivity index (χ1) is 9.60. The summed E-state index contributed by atoms with van der Waals surface area (Å²) in [5, 5.41) is 8.47. The lowest BCUT2D eigenvalue weighted by Crippen LogP contribution is -2.17. The standard InChI is InChI=1S/C16H28O4/c1-3-5-7-8-9-11-14(10-6-4-2)20-16(19)13-12-15(17)18/h12-14H,3-11H2,1-2H3,(H,17,18)/b13-12-. The maximum atomic E-state index is 11.5. The number of hydrogen-bond donors (Lipinski definition) is 1. The van der Waals surface area contributed by atoms with Gasteiger partial charge in [0.25, 0.3) is 0 Å². The Balaban J connectivity index is 4.06. The van der Waals surface area contributed by atoms with Gasteiger partial charge in [0.15, 0.2) is 0 Å². The summed E-state index contributed by atoms with van der Waals surface area (Å²) in [5.74, 6) is -1.69. The molecule has 0 spiro atoms. The van der Waals surface area contributed by atoms with E-state index < -0.39 is 11.9 Å². The smallest absolute Gasteiger partial charge is 0.331 e. The molecule has 0 aromatic carbocycles. The van der Waals surface area contributed by atoms with Crippen molar-refractivity contribution >= 4 is 11.9 Å². The van der Waals surface area contributed by atoms with E-state index in [0.29, 0.717) is 0 Å². The lowest BCUT2D eigenvalue weighted by atomic mass is 10.0. The molecule has 1 N–H and O–H groups in total. The third-order valence-corrected chi connectivity index (χ3v) is 3.15. The van der Waals surface area contributed by atoms with Gasteiger partial charge in [-0.05, 0) is 19.3 Å².